The molecule has 1 fully saturated rings. The second kappa shape index (κ2) is 6.75. The van der Waals surface area contributed by atoms with E-state index in [1.165, 1.54) is 11.8 Å². The quantitative estimate of drug-likeness (QED) is 0.370. The summed E-state index contributed by atoms with van der Waals surface area (Å²) in [5, 5.41) is 2.11. The number of carbonyl (C=O) groups excluding carboxylic acids is 1. The van der Waals surface area contributed by atoms with Crippen LogP contribution < -0.4 is 4.90 Å². The molecule has 1 amide bonds. The SMILES string of the molecule is O=C1/C(=C/c2ccc(Br)cc2)SC(=S)N1c1cccc2ccccc12. The van der Waals surface area contributed by atoms with Crippen LogP contribution in [0.4, 0.5) is 5.69 Å². The Morgan fingerprint density at radius 2 is 1.68 bits per heavy atom. The Balaban J connectivity index is 1.75. The van der Waals surface area contributed by atoms with Gasteiger partial charge in [-0.2, -0.15) is 0 Å². The van der Waals surface area contributed by atoms with Gasteiger partial charge in [0.05, 0.1) is 10.6 Å². The summed E-state index contributed by atoms with van der Waals surface area (Å²) in [5.74, 6) is -0.0747. The Labute approximate surface area is 163 Å². The predicted octanol–water partition coefficient (Wildman–Crippen LogP) is 6.01. The van der Waals surface area contributed by atoms with Gasteiger partial charge in [-0.3, -0.25) is 9.69 Å². The Hall–Kier alpha value is -1.95. The fraction of sp³-hybridized carbons (Fsp3) is 0. The second-order valence-corrected chi connectivity index (χ2v) is 8.16. The van der Waals surface area contributed by atoms with Gasteiger partial charge in [0.2, 0.25) is 0 Å². The second-order valence-electron chi connectivity index (χ2n) is 5.57. The number of fused-ring (bicyclic) bond motifs is 1. The van der Waals surface area contributed by atoms with Gasteiger partial charge < -0.3 is 0 Å². The van der Waals surface area contributed by atoms with Gasteiger partial charge in [-0.25, -0.2) is 0 Å². The van der Waals surface area contributed by atoms with Crippen LogP contribution in [-0.2, 0) is 4.79 Å². The Kier molecular flexibility index (Phi) is 4.46. The van der Waals surface area contributed by atoms with E-state index in [4.69, 9.17) is 12.2 Å². The first-order valence-electron chi connectivity index (χ1n) is 7.65. The van der Waals surface area contributed by atoms with Crippen LogP contribution in [-0.4, -0.2) is 10.2 Å². The lowest BCUT2D eigenvalue weighted by Crippen LogP contribution is -2.27. The van der Waals surface area contributed by atoms with Gasteiger partial charge >= 0.3 is 0 Å². The highest BCUT2D eigenvalue weighted by Crippen LogP contribution is 2.38. The Morgan fingerprint density at radius 3 is 2.48 bits per heavy atom. The zero-order valence-electron chi connectivity index (χ0n) is 13.0. The van der Waals surface area contributed by atoms with Crippen molar-refractivity contribution in [2.24, 2.45) is 0 Å². The van der Waals surface area contributed by atoms with Crippen molar-refractivity contribution in [2.75, 3.05) is 4.90 Å². The lowest BCUT2D eigenvalue weighted by molar-refractivity contribution is -0.113. The van der Waals surface area contributed by atoms with Crippen LogP contribution in [0.5, 0.6) is 0 Å². The molecule has 0 atom stereocenters. The Bertz CT molecular complexity index is 1020. The van der Waals surface area contributed by atoms with Crippen molar-refractivity contribution in [1.29, 1.82) is 0 Å². The van der Waals surface area contributed by atoms with Crippen molar-refractivity contribution in [3.05, 3.63) is 81.7 Å². The van der Waals surface area contributed by atoms with Crippen LogP contribution in [0.25, 0.3) is 16.8 Å². The predicted molar refractivity (Wildman–Crippen MR) is 114 cm³/mol. The first kappa shape index (κ1) is 16.5. The Morgan fingerprint density at radius 1 is 0.960 bits per heavy atom. The maximum absolute atomic E-state index is 13.0. The average Bonchev–Trinajstić information content (AvgIpc) is 2.90. The van der Waals surface area contributed by atoms with Crippen LogP contribution in [0.3, 0.4) is 0 Å². The molecule has 4 rings (SSSR count). The maximum atomic E-state index is 13.0. The van der Waals surface area contributed by atoms with E-state index in [0.717, 1.165) is 26.5 Å². The van der Waals surface area contributed by atoms with Gasteiger partial charge in [0.1, 0.15) is 0 Å². The first-order valence-corrected chi connectivity index (χ1v) is 9.66. The van der Waals surface area contributed by atoms with Crippen molar-refractivity contribution in [3.8, 4) is 0 Å². The molecule has 1 aliphatic heterocycles. The van der Waals surface area contributed by atoms with E-state index < -0.39 is 0 Å². The minimum Gasteiger partial charge on any atom is -0.268 e. The van der Waals surface area contributed by atoms with Crippen molar-refractivity contribution in [2.45, 2.75) is 0 Å². The third-order valence-corrected chi connectivity index (χ3v) is 5.80. The standard InChI is InChI=1S/C20H12BrNOS2/c21-15-10-8-13(9-11-15)12-18-19(23)22(20(24)25-18)17-7-3-5-14-4-1-2-6-16(14)17/h1-12H/b18-12-. The van der Waals surface area contributed by atoms with E-state index in [2.05, 4.69) is 15.9 Å². The van der Waals surface area contributed by atoms with Crippen LogP contribution in [0.15, 0.2) is 76.1 Å². The van der Waals surface area contributed by atoms with E-state index in [9.17, 15) is 4.79 Å². The number of anilines is 1. The van der Waals surface area contributed by atoms with Crippen molar-refractivity contribution >= 4 is 72.7 Å². The number of thiocarbonyl (C=S) groups is 1. The van der Waals surface area contributed by atoms with Crippen LogP contribution in [0, 0.1) is 0 Å². The van der Waals surface area contributed by atoms with Crippen molar-refractivity contribution < 1.29 is 4.79 Å². The zero-order valence-corrected chi connectivity index (χ0v) is 16.2. The maximum Gasteiger partial charge on any atom is 0.270 e. The van der Waals surface area contributed by atoms with Gasteiger partial charge in [0, 0.05) is 9.86 Å². The van der Waals surface area contributed by atoms with Crippen molar-refractivity contribution in [3.63, 3.8) is 0 Å². The third-order valence-electron chi connectivity index (χ3n) is 3.97. The zero-order chi connectivity index (χ0) is 17.4. The van der Waals surface area contributed by atoms with Gasteiger partial charge in [-0.05, 0) is 35.2 Å². The summed E-state index contributed by atoms with van der Waals surface area (Å²) in [4.78, 5) is 15.2. The molecule has 0 saturated carbocycles. The molecule has 2 nitrogen and oxygen atoms in total. The molecular weight excluding hydrogens is 414 g/mol. The summed E-state index contributed by atoms with van der Waals surface area (Å²) in [6.45, 7) is 0. The lowest BCUT2D eigenvalue weighted by atomic mass is 10.1. The minimum absolute atomic E-state index is 0.0747. The molecule has 0 bridgehead atoms. The molecule has 3 aromatic carbocycles. The molecule has 25 heavy (non-hydrogen) atoms. The van der Waals surface area contributed by atoms with E-state index in [1.54, 1.807) is 4.90 Å². The number of rotatable bonds is 2. The summed E-state index contributed by atoms with van der Waals surface area (Å²) >= 11 is 10.3. The summed E-state index contributed by atoms with van der Waals surface area (Å²) in [6, 6.07) is 21.8. The number of halogens is 1. The molecule has 3 aromatic rings. The molecule has 0 aliphatic carbocycles. The fourth-order valence-corrected chi connectivity index (χ4v) is 4.34. The van der Waals surface area contributed by atoms with Crippen LogP contribution in [0.2, 0.25) is 0 Å². The van der Waals surface area contributed by atoms with Gasteiger partial charge in [0.15, 0.2) is 4.32 Å². The highest BCUT2D eigenvalue weighted by atomic mass is 79.9. The molecule has 1 saturated heterocycles. The van der Waals surface area contributed by atoms with E-state index in [-0.39, 0.29) is 5.91 Å². The highest BCUT2D eigenvalue weighted by Gasteiger charge is 2.34. The molecule has 5 heteroatoms. The third kappa shape index (κ3) is 3.15. The summed E-state index contributed by atoms with van der Waals surface area (Å²) in [5.41, 5.74) is 1.81. The average molecular weight is 426 g/mol. The monoisotopic (exact) mass is 425 g/mol. The number of hydrogen-bond acceptors (Lipinski definition) is 3. The molecule has 0 aromatic heterocycles. The molecular formula is C20H12BrNOS2. The normalized spacial score (nSPS) is 16.2. The molecule has 122 valence electrons. The number of nitrogens with zero attached hydrogens (tertiary/aromatic N) is 1. The summed E-state index contributed by atoms with van der Waals surface area (Å²) < 4.78 is 1.57. The molecule has 0 radical (unpaired) electrons. The van der Waals surface area contributed by atoms with E-state index in [0.29, 0.717) is 9.23 Å². The van der Waals surface area contributed by atoms with Gasteiger partial charge in [-0.1, -0.05) is 88.4 Å². The van der Waals surface area contributed by atoms with Crippen LogP contribution >= 0.6 is 39.9 Å². The van der Waals surface area contributed by atoms with Crippen LogP contribution in [0.1, 0.15) is 5.56 Å². The summed E-state index contributed by atoms with van der Waals surface area (Å²) in [7, 11) is 0. The van der Waals surface area contributed by atoms with E-state index >= 15 is 0 Å². The van der Waals surface area contributed by atoms with E-state index in [1.807, 2.05) is 72.8 Å². The largest absolute Gasteiger partial charge is 0.270 e. The van der Waals surface area contributed by atoms with Crippen molar-refractivity contribution in [1.82, 2.24) is 0 Å². The number of amides is 1. The van der Waals surface area contributed by atoms with Gasteiger partial charge in [-0.15, -0.1) is 0 Å². The number of hydrogen-bond donors (Lipinski definition) is 0. The topological polar surface area (TPSA) is 20.3 Å². The smallest absolute Gasteiger partial charge is 0.268 e. The molecule has 0 N–H and O–H groups in total. The molecule has 0 spiro atoms. The fourth-order valence-electron chi connectivity index (χ4n) is 2.79. The molecule has 1 heterocycles. The number of carbonyl (C=O) groups is 1. The number of thioether (sulfide) groups is 1. The number of benzene rings is 3. The van der Waals surface area contributed by atoms with Gasteiger partial charge in [0.25, 0.3) is 5.91 Å². The molecule has 1 aliphatic rings. The summed E-state index contributed by atoms with van der Waals surface area (Å²) in [6.07, 6.45) is 1.89. The first-order chi connectivity index (χ1) is 12.1. The highest BCUT2D eigenvalue weighted by molar-refractivity contribution is 9.10. The minimum atomic E-state index is -0.0747. The molecule has 0 unspecified atom stereocenters. The lowest BCUT2D eigenvalue weighted by Gasteiger charge is -2.17.